The Kier molecular flexibility index (Phi) is 2.26. The fourth-order valence-electron chi connectivity index (χ4n) is 2.48. The molecule has 0 radical (unpaired) electrons. The molecule has 4 unspecified atom stereocenters. The van der Waals surface area contributed by atoms with Crippen LogP contribution in [0, 0.1) is 5.92 Å². The molecule has 2 saturated heterocycles. The zero-order valence-electron chi connectivity index (χ0n) is 7.69. The monoisotopic (exact) mass is 185 g/mol. The lowest BCUT2D eigenvalue weighted by molar-refractivity contribution is -0.152. The van der Waals surface area contributed by atoms with E-state index in [1.54, 1.807) is 0 Å². The quantitative estimate of drug-likeness (QED) is 0.549. The fourth-order valence-corrected chi connectivity index (χ4v) is 2.48. The molecule has 2 rings (SSSR count). The number of hydrogen-bond acceptors (Lipinski definition) is 4. The maximum Gasteiger partial charge on any atom is 0.312 e. The molecule has 2 aliphatic rings. The maximum absolute atomic E-state index is 11.3. The van der Waals surface area contributed by atoms with Gasteiger partial charge in [-0.05, 0) is 19.3 Å². The number of fused-ring (bicyclic) bond motifs is 2. The number of rotatable bonds is 1. The Morgan fingerprint density at radius 2 is 2.31 bits per heavy atom. The molecule has 2 N–H and O–H groups in total. The molecule has 0 amide bonds. The Morgan fingerprint density at radius 1 is 1.54 bits per heavy atom. The van der Waals surface area contributed by atoms with Gasteiger partial charge in [0.15, 0.2) is 0 Å². The zero-order chi connectivity index (χ0) is 9.42. The number of hydrogen-bond donors (Lipinski definition) is 2. The smallest absolute Gasteiger partial charge is 0.312 e. The molecule has 2 fully saturated rings. The molecule has 0 aromatic carbocycles. The van der Waals surface area contributed by atoms with Crippen molar-refractivity contribution in [3.8, 4) is 0 Å². The van der Waals surface area contributed by atoms with Crippen molar-refractivity contribution in [1.29, 1.82) is 0 Å². The average molecular weight is 185 g/mol. The second kappa shape index (κ2) is 3.27. The normalized spacial score (nSPS) is 43.2. The van der Waals surface area contributed by atoms with Crippen molar-refractivity contribution < 1.29 is 14.6 Å². The van der Waals surface area contributed by atoms with Crippen LogP contribution in [-0.2, 0) is 9.53 Å². The van der Waals surface area contributed by atoms with E-state index >= 15 is 0 Å². The van der Waals surface area contributed by atoms with Gasteiger partial charge in [-0.25, -0.2) is 0 Å². The summed E-state index contributed by atoms with van der Waals surface area (Å²) in [4.78, 5) is 11.3. The van der Waals surface area contributed by atoms with E-state index in [0.717, 1.165) is 12.8 Å². The molecule has 0 saturated carbocycles. The molecule has 0 aromatic heterocycles. The van der Waals surface area contributed by atoms with Gasteiger partial charge < -0.3 is 15.2 Å². The third kappa shape index (κ3) is 1.44. The summed E-state index contributed by atoms with van der Waals surface area (Å²) >= 11 is 0. The third-order valence-corrected chi connectivity index (χ3v) is 3.12. The molecule has 4 nitrogen and oxygen atoms in total. The number of carbonyl (C=O) groups is 1. The first kappa shape index (κ1) is 8.97. The highest BCUT2D eigenvalue weighted by molar-refractivity contribution is 5.74. The highest BCUT2D eigenvalue weighted by Crippen LogP contribution is 2.32. The minimum atomic E-state index is -0.522. The second-order valence-corrected chi connectivity index (χ2v) is 3.90. The summed E-state index contributed by atoms with van der Waals surface area (Å²) in [6, 6.07) is 0.530. The van der Waals surface area contributed by atoms with Crippen molar-refractivity contribution >= 4 is 5.97 Å². The summed E-state index contributed by atoms with van der Waals surface area (Å²) in [7, 11) is 1.37. The Balaban J connectivity index is 2.11. The molecule has 4 atom stereocenters. The maximum atomic E-state index is 11.3. The third-order valence-electron chi connectivity index (χ3n) is 3.12. The minimum absolute atomic E-state index is 0.126. The van der Waals surface area contributed by atoms with Crippen LogP contribution in [0.2, 0.25) is 0 Å². The molecule has 0 aliphatic carbocycles. The van der Waals surface area contributed by atoms with Crippen LogP contribution < -0.4 is 5.32 Å². The number of aliphatic hydroxyl groups excluding tert-OH is 1. The predicted molar refractivity (Wildman–Crippen MR) is 46.1 cm³/mol. The standard InChI is InChI=1S/C9H15NO3/c1-13-9(12)8-6-3-2-5(10-6)4-7(8)11/h5-8,10-11H,2-4H2,1H3. The van der Waals surface area contributed by atoms with Gasteiger partial charge >= 0.3 is 5.97 Å². The van der Waals surface area contributed by atoms with Gasteiger partial charge in [0, 0.05) is 12.1 Å². The average Bonchev–Trinajstić information content (AvgIpc) is 2.48. The largest absolute Gasteiger partial charge is 0.469 e. The van der Waals surface area contributed by atoms with Crippen molar-refractivity contribution in [1.82, 2.24) is 5.32 Å². The number of ether oxygens (including phenoxy) is 1. The summed E-state index contributed by atoms with van der Waals surface area (Å²) in [5, 5.41) is 13.0. The molecule has 74 valence electrons. The van der Waals surface area contributed by atoms with Gasteiger partial charge in [-0.15, -0.1) is 0 Å². The van der Waals surface area contributed by atoms with E-state index in [0.29, 0.717) is 12.5 Å². The molecule has 13 heavy (non-hydrogen) atoms. The van der Waals surface area contributed by atoms with Crippen molar-refractivity contribution in [3.63, 3.8) is 0 Å². The Bertz CT molecular complexity index is 219. The van der Waals surface area contributed by atoms with E-state index in [1.807, 2.05) is 0 Å². The predicted octanol–water partition coefficient (Wildman–Crippen LogP) is -0.339. The van der Waals surface area contributed by atoms with Crippen molar-refractivity contribution in [2.45, 2.75) is 37.5 Å². The number of methoxy groups -OCH3 is 1. The van der Waals surface area contributed by atoms with Crippen LogP contribution >= 0.6 is 0 Å². The highest BCUT2D eigenvalue weighted by Gasteiger charge is 2.45. The van der Waals surface area contributed by atoms with Crippen LogP contribution in [0.4, 0.5) is 0 Å². The van der Waals surface area contributed by atoms with E-state index in [1.165, 1.54) is 7.11 Å². The number of carbonyl (C=O) groups excluding carboxylic acids is 1. The molecule has 2 heterocycles. The van der Waals surface area contributed by atoms with E-state index in [4.69, 9.17) is 0 Å². The lowest BCUT2D eigenvalue weighted by Crippen LogP contribution is -2.51. The summed E-state index contributed by atoms with van der Waals surface area (Å²) < 4.78 is 4.67. The fraction of sp³-hybridized carbons (Fsp3) is 0.889. The molecular formula is C9H15NO3. The van der Waals surface area contributed by atoms with Crippen LogP contribution in [0.15, 0.2) is 0 Å². The van der Waals surface area contributed by atoms with E-state index in [-0.39, 0.29) is 17.9 Å². The van der Waals surface area contributed by atoms with Gasteiger partial charge in [0.2, 0.25) is 0 Å². The van der Waals surface area contributed by atoms with Crippen LogP contribution in [0.1, 0.15) is 19.3 Å². The Morgan fingerprint density at radius 3 is 3.00 bits per heavy atom. The first-order valence-electron chi connectivity index (χ1n) is 4.74. The van der Waals surface area contributed by atoms with Crippen LogP contribution in [0.5, 0.6) is 0 Å². The SMILES string of the molecule is COC(=O)C1C(O)CC2CCC1N2. The van der Waals surface area contributed by atoms with Crippen LogP contribution in [0.3, 0.4) is 0 Å². The first-order chi connectivity index (χ1) is 6.22. The van der Waals surface area contributed by atoms with Gasteiger partial charge in [-0.1, -0.05) is 0 Å². The van der Waals surface area contributed by atoms with Crippen molar-refractivity contribution in [2.24, 2.45) is 5.92 Å². The van der Waals surface area contributed by atoms with E-state index in [2.05, 4.69) is 10.1 Å². The molecule has 0 spiro atoms. The van der Waals surface area contributed by atoms with Gasteiger partial charge in [-0.2, -0.15) is 0 Å². The number of nitrogens with one attached hydrogen (secondary N) is 1. The van der Waals surface area contributed by atoms with Gasteiger partial charge in [-0.3, -0.25) is 4.79 Å². The Labute approximate surface area is 77.3 Å². The number of aliphatic hydroxyl groups is 1. The van der Waals surface area contributed by atoms with Gasteiger partial charge in [0.1, 0.15) is 0 Å². The molecule has 0 aromatic rings. The molecule has 2 bridgehead atoms. The molecule has 4 heteroatoms. The number of esters is 1. The zero-order valence-corrected chi connectivity index (χ0v) is 7.69. The second-order valence-electron chi connectivity index (χ2n) is 3.90. The molecule has 2 aliphatic heterocycles. The summed E-state index contributed by atoms with van der Waals surface area (Å²) in [6.07, 6.45) is 2.19. The van der Waals surface area contributed by atoms with Crippen molar-refractivity contribution in [2.75, 3.05) is 7.11 Å². The highest BCUT2D eigenvalue weighted by atomic mass is 16.5. The van der Waals surface area contributed by atoms with E-state index < -0.39 is 6.10 Å². The van der Waals surface area contributed by atoms with Gasteiger partial charge in [0.05, 0.1) is 19.1 Å². The molecular weight excluding hydrogens is 170 g/mol. The minimum Gasteiger partial charge on any atom is -0.469 e. The van der Waals surface area contributed by atoms with E-state index in [9.17, 15) is 9.90 Å². The number of piperidine rings is 1. The van der Waals surface area contributed by atoms with Crippen LogP contribution in [0.25, 0.3) is 0 Å². The lowest BCUT2D eigenvalue weighted by atomic mass is 9.89. The lowest BCUT2D eigenvalue weighted by Gasteiger charge is -2.32. The Hall–Kier alpha value is -0.610. The summed E-state index contributed by atoms with van der Waals surface area (Å²) in [5.41, 5.74) is 0. The summed E-state index contributed by atoms with van der Waals surface area (Å²) in [5.74, 6) is -0.644. The van der Waals surface area contributed by atoms with Crippen LogP contribution in [-0.4, -0.2) is 36.4 Å². The topological polar surface area (TPSA) is 58.6 Å². The first-order valence-corrected chi connectivity index (χ1v) is 4.74. The summed E-state index contributed by atoms with van der Waals surface area (Å²) in [6.45, 7) is 0. The van der Waals surface area contributed by atoms with Crippen molar-refractivity contribution in [3.05, 3.63) is 0 Å². The van der Waals surface area contributed by atoms with Gasteiger partial charge in [0.25, 0.3) is 0 Å².